The van der Waals surface area contributed by atoms with E-state index in [4.69, 9.17) is 16.3 Å². The molecule has 2 N–H and O–H groups in total. The lowest BCUT2D eigenvalue weighted by Gasteiger charge is -2.24. The van der Waals surface area contributed by atoms with Crippen LogP contribution in [0.3, 0.4) is 0 Å². The number of halogens is 1. The molecule has 0 saturated carbocycles. The zero-order valence-electron chi connectivity index (χ0n) is 13.2. The van der Waals surface area contributed by atoms with Crippen molar-refractivity contribution in [3.8, 4) is 17.1 Å². The largest absolute Gasteiger partial charge is 0.493 e. The van der Waals surface area contributed by atoms with Gasteiger partial charge in [0, 0.05) is 11.1 Å². The summed E-state index contributed by atoms with van der Waals surface area (Å²) in [6.45, 7) is 0.508. The molecule has 2 aromatic carbocycles. The molecule has 0 fully saturated rings. The Kier molecular flexibility index (Phi) is 4.11. The van der Waals surface area contributed by atoms with Gasteiger partial charge in [-0.15, -0.1) is 5.10 Å². The van der Waals surface area contributed by atoms with Crippen LogP contribution in [0.25, 0.3) is 11.4 Å². The number of anilines is 1. The second kappa shape index (κ2) is 6.57. The summed E-state index contributed by atoms with van der Waals surface area (Å²) < 4.78 is 5.60. The van der Waals surface area contributed by atoms with E-state index in [1.54, 1.807) is 6.07 Å². The number of H-pyrrole nitrogens is 1. The van der Waals surface area contributed by atoms with E-state index in [1.165, 1.54) is 0 Å². The number of aromatic amines is 1. The Morgan fingerprint density at radius 2 is 2.00 bits per heavy atom. The number of hydrogen-bond donors (Lipinski definition) is 2. The second-order valence-electron chi connectivity index (χ2n) is 5.70. The van der Waals surface area contributed by atoms with Crippen molar-refractivity contribution in [2.24, 2.45) is 0 Å². The van der Waals surface area contributed by atoms with Gasteiger partial charge in [-0.05, 0) is 24.6 Å². The summed E-state index contributed by atoms with van der Waals surface area (Å²) in [5.41, 5.74) is 1.61. The molecule has 1 aliphatic heterocycles. The van der Waals surface area contributed by atoms with Gasteiger partial charge in [-0.2, -0.15) is 4.98 Å². The molecule has 1 aromatic heterocycles. The molecule has 0 bridgehead atoms. The average Bonchev–Trinajstić information content (AvgIpc) is 3.09. The van der Waals surface area contributed by atoms with E-state index >= 15 is 0 Å². The van der Waals surface area contributed by atoms with Crippen molar-refractivity contribution in [2.75, 3.05) is 11.9 Å². The summed E-state index contributed by atoms with van der Waals surface area (Å²) in [6.07, 6.45) is 0.616. The maximum absolute atomic E-state index is 12.7. The summed E-state index contributed by atoms with van der Waals surface area (Å²) in [6, 6.07) is 14.9. The number of rotatable bonds is 3. The third-order valence-corrected chi connectivity index (χ3v) is 4.45. The second-order valence-corrected chi connectivity index (χ2v) is 6.11. The summed E-state index contributed by atoms with van der Waals surface area (Å²) in [5, 5.41) is 10.2. The van der Waals surface area contributed by atoms with Gasteiger partial charge in [0.2, 0.25) is 11.9 Å². The number of nitrogens with zero attached hydrogens (tertiary/aromatic N) is 2. The lowest BCUT2D eigenvalue weighted by molar-refractivity contribution is -0.118. The predicted molar refractivity (Wildman–Crippen MR) is 94.8 cm³/mol. The third kappa shape index (κ3) is 3.08. The normalized spacial score (nSPS) is 16.0. The summed E-state index contributed by atoms with van der Waals surface area (Å²) in [7, 11) is 0. The first-order valence-electron chi connectivity index (χ1n) is 7.92. The molecule has 25 heavy (non-hydrogen) atoms. The van der Waals surface area contributed by atoms with Crippen molar-refractivity contribution in [1.29, 1.82) is 0 Å². The van der Waals surface area contributed by atoms with E-state index in [1.807, 2.05) is 42.5 Å². The van der Waals surface area contributed by atoms with E-state index in [9.17, 15) is 4.79 Å². The van der Waals surface area contributed by atoms with Gasteiger partial charge in [0.05, 0.1) is 17.5 Å². The van der Waals surface area contributed by atoms with Gasteiger partial charge < -0.3 is 4.74 Å². The Hall–Kier alpha value is -2.86. The zero-order chi connectivity index (χ0) is 17.2. The number of nitrogens with one attached hydrogen (secondary N) is 2. The Morgan fingerprint density at radius 1 is 1.20 bits per heavy atom. The molecule has 126 valence electrons. The SMILES string of the molecule is O=C(Nc1n[nH]c(-c2ccccc2Cl)n1)C1CCOc2ccccc21. The highest BCUT2D eigenvalue weighted by molar-refractivity contribution is 6.33. The molecule has 4 rings (SSSR count). The van der Waals surface area contributed by atoms with Crippen molar-refractivity contribution in [1.82, 2.24) is 15.2 Å². The molecular weight excluding hydrogens is 340 g/mol. The maximum atomic E-state index is 12.7. The fourth-order valence-corrected chi connectivity index (χ4v) is 3.13. The number of aromatic nitrogens is 3. The molecular formula is C18H15ClN4O2. The van der Waals surface area contributed by atoms with Crippen LogP contribution in [0.5, 0.6) is 5.75 Å². The number of para-hydroxylation sites is 1. The topological polar surface area (TPSA) is 79.9 Å². The Labute approximate surface area is 149 Å². The van der Waals surface area contributed by atoms with Crippen LogP contribution >= 0.6 is 11.6 Å². The van der Waals surface area contributed by atoms with Crippen molar-refractivity contribution in [3.63, 3.8) is 0 Å². The quantitative estimate of drug-likeness (QED) is 0.752. The first kappa shape index (κ1) is 15.7. The Balaban J connectivity index is 1.54. The molecule has 3 aromatic rings. The highest BCUT2D eigenvalue weighted by atomic mass is 35.5. The van der Waals surface area contributed by atoms with Crippen LogP contribution in [-0.4, -0.2) is 27.7 Å². The monoisotopic (exact) mass is 354 g/mol. The molecule has 2 heterocycles. The summed E-state index contributed by atoms with van der Waals surface area (Å²) in [5.74, 6) is 1.05. The van der Waals surface area contributed by atoms with Gasteiger partial charge in [0.25, 0.3) is 0 Å². The average molecular weight is 355 g/mol. The van der Waals surface area contributed by atoms with Crippen LogP contribution in [0, 0.1) is 0 Å². The van der Waals surface area contributed by atoms with E-state index in [-0.39, 0.29) is 17.8 Å². The molecule has 0 spiro atoms. The molecule has 1 amide bonds. The fraction of sp³-hybridized carbons (Fsp3) is 0.167. The van der Waals surface area contributed by atoms with Gasteiger partial charge in [-0.3, -0.25) is 15.2 Å². The fourth-order valence-electron chi connectivity index (χ4n) is 2.90. The number of carbonyl (C=O) groups is 1. The molecule has 6 nitrogen and oxygen atoms in total. The van der Waals surface area contributed by atoms with Gasteiger partial charge in [0.15, 0.2) is 5.82 Å². The first-order valence-corrected chi connectivity index (χ1v) is 8.30. The van der Waals surface area contributed by atoms with Gasteiger partial charge in [-0.1, -0.05) is 41.9 Å². The third-order valence-electron chi connectivity index (χ3n) is 4.12. The molecule has 0 saturated heterocycles. The van der Waals surface area contributed by atoms with Crippen LogP contribution in [0.2, 0.25) is 5.02 Å². The molecule has 1 unspecified atom stereocenters. The van der Waals surface area contributed by atoms with E-state index in [0.717, 1.165) is 16.9 Å². The maximum Gasteiger partial charge on any atom is 0.249 e. The molecule has 7 heteroatoms. The standard InChI is InChI=1S/C18H15ClN4O2/c19-14-7-3-1-6-13(14)16-20-18(23-22-16)21-17(24)12-9-10-25-15-8-4-2-5-11(12)15/h1-8,12H,9-10H2,(H2,20,21,22,23,24). The van der Waals surface area contributed by atoms with E-state index < -0.39 is 0 Å². The number of hydrogen-bond acceptors (Lipinski definition) is 4. The van der Waals surface area contributed by atoms with Crippen LogP contribution < -0.4 is 10.1 Å². The lowest BCUT2D eigenvalue weighted by Crippen LogP contribution is -2.26. The van der Waals surface area contributed by atoms with Crippen LogP contribution in [0.4, 0.5) is 5.95 Å². The predicted octanol–water partition coefficient (Wildman–Crippen LogP) is 3.63. The highest BCUT2D eigenvalue weighted by Gasteiger charge is 2.28. The Bertz CT molecular complexity index is 925. The van der Waals surface area contributed by atoms with Crippen LogP contribution in [0.1, 0.15) is 17.9 Å². The lowest BCUT2D eigenvalue weighted by atomic mass is 9.92. The number of fused-ring (bicyclic) bond motifs is 1. The number of carbonyl (C=O) groups excluding carboxylic acids is 1. The molecule has 0 aliphatic carbocycles. The zero-order valence-corrected chi connectivity index (χ0v) is 14.0. The van der Waals surface area contributed by atoms with Crippen LogP contribution in [-0.2, 0) is 4.79 Å². The number of benzene rings is 2. The minimum absolute atomic E-state index is 0.152. The molecule has 1 aliphatic rings. The Morgan fingerprint density at radius 3 is 2.88 bits per heavy atom. The highest BCUT2D eigenvalue weighted by Crippen LogP contribution is 2.34. The summed E-state index contributed by atoms with van der Waals surface area (Å²) >= 11 is 6.16. The van der Waals surface area contributed by atoms with Gasteiger partial charge >= 0.3 is 0 Å². The molecule has 0 radical (unpaired) electrons. The minimum atomic E-state index is -0.285. The molecule has 1 atom stereocenters. The van der Waals surface area contributed by atoms with Crippen molar-refractivity contribution >= 4 is 23.5 Å². The number of ether oxygens (including phenoxy) is 1. The van der Waals surface area contributed by atoms with Crippen LogP contribution in [0.15, 0.2) is 48.5 Å². The summed E-state index contributed by atoms with van der Waals surface area (Å²) in [4.78, 5) is 17.0. The number of amides is 1. The smallest absolute Gasteiger partial charge is 0.249 e. The van der Waals surface area contributed by atoms with E-state index in [0.29, 0.717) is 23.9 Å². The minimum Gasteiger partial charge on any atom is -0.493 e. The van der Waals surface area contributed by atoms with Gasteiger partial charge in [-0.25, -0.2) is 0 Å². The first-order chi connectivity index (χ1) is 12.2. The van der Waals surface area contributed by atoms with Crippen molar-refractivity contribution < 1.29 is 9.53 Å². The van der Waals surface area contributed by atoms with E-state index in [2.05, 4.69) is 20.5 Å². The van der Waals surface area contributed by atoms with Crippen molar-refractivity contribution in [3.05, 3.63) is 59.1 Å². The van der Waals surface area contributed by atoms with Crippen molar-refractivity contribution in [2.45, 2.75) is 12.3 Å². The van der Waals surface area contributed by atoms with Gasteiger partial charge in [0.1, 0.15) is 5.75 Å².